The van der Waals surface area contributed by atoms with E-state index >= 15 is 0 Å². The van der Waals surface area contributed by atoms with Gasteiger partial charge in [0.1, 0.15) is 11.5 Å². The van der Waals surface area contributed by atoms with Crippen LogP contribution in [0.4, 0.5) is 28.4 Å². The zero-order chi connectivity index (χ0) is 22.9. The van der Waals surface area contributed by atoms with Crippen LogP contribution in [-0.4, -0.2) is 24.3 Å². The molecular formula is C18H14F4N4O3S2. The molecule has 0 fully saturated rings. The quantitative estimate of drug-likeness (QED) is 0.513. The fourth-order valence-corrected chi connectivity index (χ4v) is 4.76. The minimum absolute atomic E-state index is 0.130. The summed E-state index contributed by atoms with van der Waals surface area (Å²) in [6, 6.07) is 3.96. The zero-order valence-electron chi connectivity index (χ0n) is 15.9. The van der Waals surface area contributed by atoms with Crippen LogP contribution in [-0.2, 0) is 14.8 Å². The van der Waals surface area contributed by atoms with Gasteiger partial charge in [0, 0.05) is 12.5 Å². The van der Waals surface area contributed by atoms with Gasteiger partial charge < -0.3 is 5.32 Å². The first-order chi connectivity index (χ1) is 14.5. The molecule has 0 bridgehead atoms. The molecule has 0 saturated carbocycles. The third-order valence-electron chi connectivity index (χ3n) is 3.92. The number of pyridine rings is 1. The van der Waals surface area contributed by atoms with Gasteiger partial charge in [-0.1, -0.05) is 17.4 Å². The number of hydrogen-bond donors (Lipinski definition) is 2. The second-order valence-electron chi connectivity index (χ2n) is 6.31. The van der Waals surface area contributed by atoms with Crippen LogP contribution in [0.3, 0.4) is 0 Å². The van der Waals surface area contributed by atoms with Crippen LogP contribution in [0.1, 0.15) is 24.5 Å². The molecule has 0 atom stereocenters. The smallest absolute Gasteiger partial charge is 0.281 e. The van der Waals surface area contributed by atoms with E-state index in [1.807, 2.05) is 0 Å². The van der Waals surface area contributed by atoms with E-state index in [4.69, 9.17) is 0 Å². The number of nitrogens with one attached hydrogen (secondary N) is 2. The SMILES string of the molecule is CC(=O)Nc1cnc(S(=O)(=O)Nc2nc(-c3ccc(C(F)F)c(F)c3)c(F)s2)c(C)c1. The number of carbonyl (C=O) groups is 1. The van der Waals surface area contributed by atoms with Crippen molar-refractivity contribution >= 4 is 38.1 Å². The molecule has 13 heteroatoms. The van der Waals surface area contributed by atoms with E-state index in [1.165, 1.54) is 19.9 Å². The van der Waals surface area contributed by atoms with Gasteiger partial charge >= 0.3 is 0 Å². The molecule has 0 aliphatic heterocycles. The molecule has 0 aliphatic rings. The number of sulfonamides is 1. The van der Waals surface area contributed by atoms with Gasteiger partial charge in [-0.15, -0.1) is 0 Å². The summed E-state index contributed by atoms with van der Waals surface area (Å²) < 4.78 is 80.8. The molecule has 3 rings (SSSR count). The largest absolute Gasteiger partial charge is 0.325 e. The Bertz CT molecular complexity index is 1260. The molecule has 31 heavy (non-hydrogen) atoms. The summed E-state index contributed by atoms with van der Waals surface area (Å²) >= 11 is 0.341. The Kier molecular flexibility index (Phi) is 6.27. The number of aromatic nitrogens is 2. The number of carbonyl (C=O) groups excluding carboxylic acids is 1. The van der Waals surface area contributed by atoms with E-state index in [-0.39, 0.29) is 27.2 Å². The van der Waals surface area contributed by atoms with Crippen LogP contribution < -0.4 is 10.0 Å². The average molecular weight is 474 g/mol. The van der Waals surface area contributed by atoms with Gasteiger partial charge in [0.2, 0.25) is 11.0 Å². The first-order valence-electron chi connectivity index (χ1n) is 8.49. The molecule has 1 amide bonds. The number of thiazole rings is 1. The maximum Gasteiger partial charge on any atom is 0.281 e. The topological polar surface area (TPSA) is 101 Å². The Labute approximate surface area is 178 Å². The van der Waals surface area contributed by atoms with Crippen molar-refractivity contribution in [3.63, 3.8) is 0 Å². The minimum Gasteiger partial charge on any atom is -0.325 e. The number of benzene rings is 1. The van der Waals surface area contributed by atoms with E-state index < -0.39 is 38.7 Å². The molecule has 0 spiro atoms. The van der Waals surface area contributed by atoms with Gasteiger partial charge in [-0.3, -0.25) is 9.52 Å². The predicted octanol–water partition coefficient (Wildman–Crippen LogP) is 4.49. The minimum atomic E-state index is -4.27. The molecule has 2 heterocycles. The van der Waals surface area contributed by atoms with Crippen molar-refractivity contribution in [1.29, 1.82) is 0 Å². The van der Waals surface area contributed by atoms with E-state index in [1.54, 1.807) is 0 Å². The summed E-state index contributed by atoms with van der Waals surface area (Å²) in [6.07, 6.45) is -1.89. The summed E-state index contributed by atoms with van der Waals surface area (Å²) in [5, 5.41) is 0.794. The molecule has 164 valence electrons. The van der Waals surface area contributed by atoms with E-state index in [0.717, 1.165) is 18.3 Å². The average Bonchev–Trinajstić information content (AvgIpc) is 2.99. The Morgan fingerprint density at radius 2 is 1.90 bits per heavy atom. The van der Waals surface area contributed by atoms with Crippen LogP contribution in [0.2, 0.25) is 0 Å². The van der Waals surface area contributed by atoms with Crippen molar-refractivity contribution in [2.45, 2.75) is 25.3 Å². The summed E-state index contributed by atoms with van der Waals surface area (Å²) in [4.78, 5) is 18.7. The van der Waals surface area contributed by atoms with E-state index in [2.05, 4.69) is 20.0 Å². The number of anilines is 2. The number of hydrogen-bond acceptors (Lipinski definition) is 6. The second-order valence-corrected chi connectivity index (χ2v) is 8.86. The summed E-state index contributed by atoms with van der Waals surface area (Å²) in [5.41, 5.74) is -0.866. The highest BCUT2D eigenvalue weighted by atomic mass is 32.2. The highest BCUT2D eigenvalue weighted by Crippen LogP contribution is 2.33. The predicted molar refractivity (Wildman–Crippen MR) is 107 cm³/mol. The summed E-state index contributed by atoms with van der Waals surface area (Å²) in [7, 11) is -4.27. The second kappa shape index (κ2) is 8.59. The van der Waals surface area contributed by atoms with Crippen molar-refractivity contribution in [2.75, 3.05) is 10.0 Å². The Balaban J connectivity index is 1.89. The lowest BCUT2D eigenvalue weighted by Gasteiger charge is -2.09. The van der Waals surface area contributed by atoms with E-state index in [9.17, 15) is 30.8 Å². The molecule has 0 unspecified atom stereocenters. The fraction of sp³-hybridized carbons (Fsp3) is 0.167. The highest BCUT2D eigenvalue weighted by molar-refractivity contribution is 7.92. The van der Waals surface area contributed by atoms with Crippen LogP contribution in [0.5, 0.6) is 0 Å². The van der Waals surface area contributed by atoms with Gasteiger partial charge in [0.05, 0.1) is 17.4 Å². The number of alkyl halides is 2. The van der Waals surface area contributed by atoms with Crippen LogP contribution in [0.25, 0.3) is 11.3 Å². The van der Waals surface area contributed by atoms with Crippen LogP contribution in [0, 0.1) is 17.9 Å². The Morgan fingerprint density at radius 3 is 2.48 bits per heavy atom. The number of rotatable bonds is 6. The fourth-order valence-electron chi connectivity index (χ4n) is 2.65. The van der Waals surface area contributed by atoms with Crippen molar-refractivity contribution in [3.8, 4) is 11.3 Å². The van der Waals surface area contributed by atoms with Gasteiger partial charge in [-0.2, -0.15) is 12.8 Å². The van der Waals surface area contributed by atoms with Gasteiger partial charge in [-0.25, -0.2) is 23.1 Å². The Hall–Kier alpha value is -3.06. The van der Waals surface area contributed by atoms with Crippen molar-refractivity contribution < 1.29 is 30.8 Å². The first kappa shape index (κ1) is 22.6. The van der Waals surface area contributed by atoms with Gasteiger partial charge in [0.25, 0.3) is 16.4 Å². The standard InChI is InChI=1S/C18H14F4N4O3S2/c1-8-5-11(24-9(2)27)7-23-17(8)31(28,29)26-18-25-14(16(22)30-18)10-3-4-12(15(20)21)13(19)6-10/h3-7,15H,1-2H3,(H,24,27)(H,25,26). The molecule has 1 aromatic carbocycles. The molecule has 2 aromatic heterocycles. The first-order valence-corrected chi connectivity index (χ1v) is 10.8. The van der Waals surface area contributed by atoms with Gasteiger partial charge in [-0.05, 0) is 30.7 Å². The molecule has 0 saturated heterocycles. The van der Waals surface area contributed by atoms with Crippen molar-refractivity contribution in [3.05, 3.63) is 52.5 Å². The molecule has 3 aromatic rings. The maximum atomic E-state index is 14.3. The number of nitrogens with zero attached hydrogens (tertiary/aromatic N) is 2. The molecule has 2 N–H and O–H groups in total. The number of amides is 1. The van der Waals surface area contributed by atoms with E-state index in [0.29, 0.717) is 23.1 Å². The summed E-state index contributed by atoms with van der Waals surface area (Å²) in [5.74, 6) is -1.60. The number of halogens is 4. The molecule has 0 radical (unpaired) electrons. The van der Waals surface area contributed by atoms with Crippen LogP contribution >= 0.6 is 11.3 Å². The molecule has 0 aliphatic carbocycles. The number of aryl methyl sites for hydroxylation is 1. The lowest BCUT2D eigenvalue weighted by Crippen LogP contribution is -2.16. The highest BCUT2D eigenvalue weighted by Gasteiger charge is 2.23. The maximum absolute atomic E-state index is 14.3. The van der Waals surface area contributed by atoms with Gasteiger partial charge in [0.15, 0.2) is 10.2 Å². The van der Waals surface area contributed by atoms with Crippen molar-refractivity contribution in [1.82, 2.24) is 9.97 Å². The van der Waals surface area contributed by atoms with Crippen LogP contribution in [0.15, 0.2) is 35.5 Å². The summed E-state index contributed by atoms with van der Waals surface area (Å²) in [6.45, 7) is 2.73. The zero-order valence-corrected chi connectivity index (χ0v) is 17.5. The monoisotopic (exact) mass is 474 g/mol. The third-order valence-corrected chi connectivity index (χ3v) is 6.21. The van der Waals surface area contributed by atoms with Crippen molar-refractivity contribution in [2.24, 2.45) is 0 Å². The molecular weight excluding hydrogens is 460 g/mol. The lowest BCUT2D eigenvalue weighted by molar-refractivity contribution is -0.114. The third kappa shape index (κ3) is 4.99. The Morgan fingerprint density at radius 1 is 1.19 bits per heavy atom. The normalized spacial score (nSPS) is 11.6. The lowest BCUT2D eigenvalue weighted by atomic mass is 10.1. The molecule has 7 nitrogen and oxygen atoms in total.